The van der Waals surface area contributed by atoms with Crippen molar-refractivity contribution in [2.24, 2.45) is 16.8 Å². The van der Waals surface area contributed by atoms with E-state index in [2.05, 4.69) is 5.16 Å². The summed E-state index contributed by atoms with van der Waals surface area (Å²) in [5.41, 5.74) is 6.18. The number of hydrogen-bond acceptors (Lipinski definition) is 3. The molecule has 0 spiro atoms. The standard InChI is InChI=1S/C14H20FN3O2/c1-3-5-12(13(16)17-20)14(19)18(4-2)11-8-6-10(15)7-9-11/h6-9,12,20H,3-5H2,1-2H3,(H2,16,17). The van der Waals surface area contributed by atoms with E-state index in [-0.39, 0.29) is 17.6 Å². The summed E-state index contributed by atoms with van der Waals surface area (Å²) in [6.45, 7) is 4.15. The van der Waals surface area contributed by atoms with Gasteiger partial charge in [0.15, 0.2) is 5.84 Å². The molecule has 0 aromatic heterocycles. The molecule has 0 fully saturated rings. The Bertz CT molecular complexity index is 474. The van der Waals surface area contributed by atoms with E-state index in [0.29, 0.717) is 18.7 Å². The Morgan fingerprint density at radius 1 is 1.40 bits per heavy atom. The average molecular weight is 281 g/mol. The van der Waals surface area contributed by atoms with E-state index >= 15 is 0 Å². The molecule has 1 aromatic rings. The second-order valence-electron chi connectivity index (χ2n) is 4.43. The van der Waals surface area contributed by atoms with Crippen LogP contribution in [0.5, 0.6) is 0 Å². The molecule has 1 aromatic carbocycles. The lowest BCUT2D eigenvalue weighted by Gasteiger charge is -2.25. The van der Waals surface area contributed by atoms with Gasteiger partial charge in [-0.1, -0.05) is 18.5 Å². The number of amidine groups is 1. The molecule has 0 heterocycles. The highest BCUT2D eigenvalue weighted by atomic mass is 19.1. The number of amides is 1. The van der Waals surface area contributed by atoms with E-state index < -0.39 is 5.92 Å². The van der Waals surface area contributed by atoms with E-state index in [0.717, 1.165) is 6.42 Å². The average Bonchev–Trinajstić information content (AvgIpc) is 2.46. The van der Waals surface area contributed by atoms with Crippen LogP contribution in [-0.2, 0) is 4.79 Å². The van der Waals surface area contributed by atoms with Crippen LogP contribution in [0.4, 0.5) is 10.1 Å². The van der Waals surface area contributed by atoms with Gasteiger partial charge in [-0.05, 0) is 37.6 Å². The summed E-state index contributed by atoms with van der Waals surface area (Å²) in [6.07, 6.45) is 1.22. The Balaban J connectivity index is 3.03. The molecular formula is C14H20FN3O2. The van der Waals surface area contributed by atoms with Gasteiger partial charge in [0.25, 0.3) is 0 Å². The molecule has 1 rings (SSSR count). The van der Waals surface area contributed by atoms with Crippen molar-refractivity contribution < 1.29 is 14.4 Å². The summed E-state index contributed by atoms with van der Waals surface area (Å²) < 4.78 is 12.9. The lowest BCUT2D eigenvalue weighted by molar-refractivity contribution is -0.120. The summed E-state index contributed by atoms with van der Waals surface area (Å²) in [7, 11) is 0. The minimum absolute atomic E-state index is 0.0996. The third-order valence-electron chi connectivity index (χ3n) is 3.07. The summed E-state index contributed by atoms with van der Waals surface area (Å²) in [4.78, 5) is 14.0. The fraction of sp³-hybridized carbons (Fsp3) is 0.429. The Morgan fingerprint density at radius 3 is 2.45 bits per heavy atom. The highest BCUT2D eigenvalue weighted by Gasteiger charge is 2.27. The monoisotopic (exact) mass is 281 g/mol. The SMILES string of the molecule is CCCC(C(=O)N(CC)c1ccc(F)cc1)C(N)=NO. The first-order valence-electron chi connectivity index (χ1n) is 6.59. The maximum absolute atomic E-state index is 12.9. The van der Waals surface area contributed by atoms with Crippen LogP contribution in [-0.4, -0.2) is 23.5 Å². The molecule has 1 amide bonds. The second-order valence-corrected chi connectivity index (χ2v) is 4.43. The highest BCUT2D eigenvalue weighted by molar-refractivity contribution is 6.08. The van der Waals surface area contributed by atoms with Crippen molar-refractivity contribution in [3.63, 3.8) is 0 Å². The van der Waals surface area contributed by atoms with Gasteiger partial charge >= 0.3 is 0 Å². The minimum atomic E-state index is -0.671. The number of anilines is 1. The molecule has 0 saturated heterocycles. The molecule has 0 bridgehead atoms. The topological polar surface area (TPSA) is 78.9 Å². The van der Waals surface area contributed by atoms with Crippen molar-refractivity contribution in [2.45, 2.75) is 26.7 Å². The summed E-state index contributed by atoms with van der Waals surface area (Å²) in [6, 6.07) is 5.66. The Hall–Kier alpha value is -2.11. The maximum Gasteiger partial charge on any atom is 0.237 e. The first-order chi connectivity index (χ1) is 9.54. The van der Waals surface area contributed by atoms with Crippen LogP contribution < -0.4 is 10.6 Å². The van der Waals surface area contributed by atoms with Gasteiger partial charge in [-0.2, -0.15) is 0 Å². The Labute approximate surface area is 117 Å². The van der Waals surface area contributed by atoms with Gasteiger partial charge in [0.2, 0.25) is 5.91 Å². The molecule has 0 aliphatic heterocycles. The highest BCUT2D eigenvalue weighted by Crippen LogP contribution is 2.19. The van der Waals surface area contributed by atoms with Crippen molar-refractivity contribution in [3.8, 4) is 0 Å². The number of rotatable bonds is 6. The fourth-order valence-electron chi connectivity index (χ4n) is 2.03. The first-order valence-corrected chi connectivity index (χ1v) is 6.59. The molecule has 6 heteroatoms. The van der Waals surface area contributed by atoms with E-state index in [1.807, 2.05) is 13.8 Å². The predicted molar refractivity (Wildman–Crippen MR) is 76.2 cm³/mol. The lowest BCUT2D eigenvalue weighted by atomic mass is 10.0. The van der Waals surface area contributed by atoms with Gasteiger partial charge in [-0.15, -0.1) is 0 Å². The number of nitrogens with two attached hydrogens (primary N) is 1. The molecule has 0 radical (unpaired) electrons. The third kappa shape index (κ3) is 3.69. The summed E-state index contributed by atoms with van der Waals surface area (Å²) >= 11 is 0. The smallest absolute Gasteiger partial charge is 0.237 e. The number of hydrogen-bond donors (Lipinski definition) is 2. The number of oxime groups is 1. The van der Waals surface area contributed by atoms with Crippen LogP contribution in [0.15, 0.2) is 29.4 Å². The molecule has 0 aliphatic rings. The predicted octanol–water partition coefficient (Wildman–Crippen LogP) is 2.34. The van der Waals surface area contributed by atoms with Gasteiger partial charge in [0.1, 0.15) is 5.82 Å². The lowest BCUT2D eigenvalue weighted by Crippen LogP contribution is -2.42. The molecule has 5 nitrogen and oxygen atoms in total. The van der Waals surface area contributed by atoms with Crippen molar-refractivity contribution in [1.29, 1.82) is 0 Å². The number of halogens is 1. The van der Waals surface area contributed by atoms with Crippen molar-refractivity contribution in [1.82, 2.24) is 0 Å². The quantitative estimate of drug-likeness (QED) is 0.363. The van der Waals surface area contributed by atoms with Gasteiger partial charge in [0, 0.05) is 12.2 Å². The second kappa shape index (κ2) is 7.47. The van der Waals surface area contributed by atoms with Gasteiger partial charge < -0.3 is 15.8 Å². The first kappa shape index (κ1) is 15.9. The van der Waals surface area contributed by atoms with Crippen LogP contribution in [0, 0.1) is 11.7 Å². The summed E-state index contributed by atoms with van der Waals surface area (Å²) in [5, 5.41) is 11.7. The van der Waals surface area contributed by atoms with Crippen LogP contribution >= 0.6 is 0 Å². The van der Waals surface area contributed by atoms with Crippen LogP contribution in [0.2, 0.25) is 0 Å². The van der Waals surface area contributed by atoms with E-state index in [4.69, 9.17) is 10.9 Å². The third-order valence-corrected chi connectivity index (χ3v) is 3.07. The number of nitrogens with zero attached hydrogens (tertiary/aromatic N) is 2. The van der Waals surface area contributed by atoms with E-state index in [1.165, 1.54) is 29.2 Å². The van der Waals surface area contributed by atoms with E-state index in [1.54, 1.807) is 0 Å². The molecule has 0 aliphatic carbocycles. The maximum atomic E-state index is 12.9. The van der Waals surface area contributed by atoms with Gasteiger partial charge in [0.05, 0.1) is 5.92 Å². The molecule has 110 valence electrons. The normalized spacial score (nSPS) is 13.1. The number of carbonyl (C=O) groups is 1. The molecule has 3 N–H and O–H groups in total. The number of benzene rings is 1. The number of carbonyl (C=O) groups excluding carboxylic acids is 1. The zero-order valence-electron chi connectivity index (χ0n) is 11.7. The van der Waals surface area contributed by atoms with Crippen LogP contribution in [0.3, 0.4) is 0 Å². The zero-order chi connectivity index (χ0) is 15.1. The molecular weight excluding hydrogens is 261 g/mol. The van der Waals surface area contributed by atoms with Crippen LogP contribution in [0.25, 0.3) is 0 Å². The fourth-order valence-corrected chi connectivity index (χ4v) is 2.03. The molecule has 1 atom stereocenters. The molecule has 1 unspecified atom stereocenters. The largest absolute Gasteiger partial charge is 0.409 e. The van der Waals surface area contributed by atoms with Gasteiger partial charge in [-0.25, -0.2) is 4.39 Å². The zero-order valence-corrected chi connectivity index (χ0v) is 11.7. The van der Waals surface area contributed by atoms with Gasteiger partial charge in [-0.3, -0.25) is 4.79 Å². The summed E-state index contributed by atoms with van der Waals surface area (Å²) in [5.74, 6) is -1.39. The minimum Gasteiger partial charge on any atom is -0.409 e. The van der Waals surface area contributed by atoms with E-state index in [9.17, 15) is 9.18 Å². The Kier molecular flexibility index (Phi) is 5.96. The Morgan fingerprint density at radius 2 is 2.00 bits per heavy atom. The molecule has 20 heavy (non-hydrogen) atoms. The molecule has 0 saturated carbocycles. The van der Waals surface area contributed by atoms with Crippen molar-refractivity contribution in [3.05, 3.63) is 30.1 Å². The van der Waals surface area contributed by atoms with Crippen molar-refractivity contribution >= 4 is 17.4 Å². The van der Waals surface area contributed by atoms with Crippen molar-refractivity contribution in [2.75, 3.05) is 11.4 Å². The van der Waals surface area contributed by atoms with Crippen LogP contribution in [0.1, 0.15) is 26.7 Å².